The van der Waals surface area contributed by atoms with Crippen molar-refractivity contribution in [3.63, 3.8) is 0 Å². The Kier molecular flexibility index (Phi) is 5.70. The van der Waals surface area contributed by atoms with Crippen LogP contribution in [-0.2, 0) is 16.0 Å². The lowest BCUT2D eigenvalue weighted by Gasteiger charge is -2.20. The molecule has 1 heterocycles. The van der Waals surface area contributed by atoms with Gasteiger partial charge in [-0.2, -0.15) is 0 Å². The number of carbonyl (C=O) groups excluding carboxylic acids is 2. The Balaban J connectivity index is 1.84. The molecule has 22 heavy (non-hydrogen) atoms. The van der Waals surface area contributed by atoms with Gasteiger partial charge >= 0.3 is 0 Å². The van der Waals surface area contributed by atoms with Gasteiger partial charge in [-0.05, 0) is 31.9 Å². The molecule has 1 atom stereocenters. The second-order valence-electron chi connectivity index (χ2n) is 5.79. The van der Waals surface area contributed by atoms with Crippen LogP contribution in [0, 0.1) is 5.92 Å². The number of hydrogen-bond acceptors (Lipinski definition) is 2. The van der Waals surface area contributed by atoms with Crippen LogP contribution in [-0.4, -0.2) is 35.8 Å². The van der Waals surface area contributed by atoms with Gasteiger partial charge < -0.3 is 10.2 Å². The zero-order chi connectivity index (χ0) is 16.3. The summed E-state index contributed by atoms with van der Waals surface area (Å²) in [7, 11) is 0. The molecule has 1 aromatic carbocycles. The highest BCUT2D eigenvalue weighted by atomic mass is 35.5. The van der Waals surface area contributed by atoms with Gasteiger partial charge in [-0.3, -0.25) is 9.59 Å². The monoisotopic (exact) mass is 342 g/mol. The fourth-order valence-corrected chi connectivity index (χ4v) is 3.03. The van der Waals surface area contributed by atoms with E-state index in [0.29, 0.717) is 36.0 Å². The van der Waals surface area contributed by atoms with Crippen molar-refractivity contribution in [1.82, 2.24) is 10.2 Å². The van der Waals surface area contributed by atoms with Crippen LogP contribution in [0.5, 0.6) is 0 Å². The molecule has 0 bridgehead atoms. The van der Waals surface area contributed by atoms with Crippen molar-refractivity contribution in [2.24, 2.45) is 5.92 Å². The second-order valence-corrected chi connectivity index (χ2v) is 6.58. The van der Waals surface area contributed by atoms with Crippen LogP contribution in [0.3, 0.4) is 0 Å². The van der Waals surface area contributed by atoms with Crippen LogP contribution in [0.1, 0.15) is 25.8 Å². The highest BCUT2D eigenvalue weighted by Crippen LogP contribution is 2.25. The van der Waals surface area contributed by atoms with Crippen LogP contribution >= 0.6 is 23.2 Å². The molecule has 0 radical (unpaired) electrons. The van der Waals surface area contributed by atoms with E-state index in [4.69, 9.17) is 23.2 Å². The Bertz CT molecular complexity index is 575. The zero-order valence-corrected chi connectivity index (χ0v) is 14.2. The maximum atomic E-state index is 12.2. The molecule has 120 valence electrons. The Hall–Kier alpha value is -1.26. The van der Waals surface area contributed by atoms with Gasteiger partial charge in [0.1, 0.15) is 0 Å². The third kappa shape index (κ3) is 3.93. The lowest BCUT2D eigenvalue weighted by Crippen LogP contribution is -2.36. The van der Waals surface area contributed by atoms with E-state index in [0.717, 1.165) is 5.56 Å². The van der Waals surface area contributed by atoms with Gasteiger partial charge in [0.25, 0.3) is 0 Å². The molecule has 1 unspecified atom stereocenters. The predicted octanol–water partition coefficient (Wildman–Crippen LogP) is 2.91. The highest BCUT2D eigenvalue weighted by molar-refractivity contribution is 6.42. The highest BCUT2D eigenvalue weighted by Gasteiger charge is 2.35. The van der Waals surface area contributed by atoms with Crippen molar-refractivity contribution < 1.29 is 9.59 Å². The first-order chi connectivity index (χ1) is 10.4. The first-order valence-corrected chi connectivity index (χ1v) is 8.15. The molecular formula is C16H20Cl2N2O2. The molecule has 1 N–H and O–H groups in total. The minimum absolute atomic E-state index is 0.0491. The Labute approximate surface area is 140 Å². The first-order valence-electron chi connectivity index (χ1n) is 7.40. The topological polar surface area (TPSA) is 49.4 Å². The van der Waals surface area contributed by atoms with Crippen molar-refractivity contribution >= 4 is 35.0 Å². The molecule has 2 rings (SSSR count). The second kappa shape index (κ2) is 7.34. The number of nitrogens with one attached hydrogen (secondary N) is 1. The molecule has 4 nitrogen and oxygen atoms in total. The van der Waals surface area contributed by atoms with Crippen molar-refractivity contribution in [3.8, 4) is 0 Å². The van der Waals surface area contributed by atoms with Crippen LogP contribution < -0.4 is 5.32 Å². The van der Waals surface area contributed by atoms with Gasteiger partial charge in [0.15, 0.2) is 0 Å². The van der Waals surface area contributed by atoms with Gasteiger partial charge in [-0.15, -0.1) is 0 Å². The summed E-state index contributed by atoms with van der Waals surface area (Å²) in [5.41, 5.74) is 0.903. The smallest absolute Gasteiger partial charge is 0.225 e. The third-order valence-electron chi connectivity index (χ3n) is 3.88. The largest absolute Gasteiger partial charge is 0.355 e. The zero-order valence-electron chi connectivity index (χ0n) is 12.7. The average Bonchev–Trinajstić information content (AvgIpc) is 2.85. The quantitative estimate of drug-likeness (QED) is 0.894. The molecule has 0 aliphatic carbocycles. The van der Waals surface area contributed by atoms with Gasteiger partial charge in [0, 0.05) is 25.6 Å². The Morgan fingerprint density at radius 2 is 2.14 bits per heavy atom. The molecule has 1 aromatic rings. The Morgan fingerprint density at radius 1 is 1.41 bits per heavy atom. The van der Waals surface area contributed by atoms with Crippen molar-refractivity contribution in [3.05, 3.63) is 33.8 Å². The van der Waals surface area contributed by atoms with E-state index in [1.54, 1.807) is 11.0 Å². The number of amides is 2. The number of likely N-dealkylation sites (tertiary alicyclic amines) is 1. The molecule has 2 amide bonds. The minimum Gasteiger partial charge on any atom is -0.355 e. The van der Waals surface area contributed by atoms with Crippen LogP contribution in [0.4, 0.5) is 0 Å². The van der Waals surface area contributed by atoms with E-state index in [1.165, 1.54) is 0 Å². The number of rotatable bonds is 5. The fraction of sp³-hybridized carbons (Fsp3) is 0.500. The van der Waals surface area contributed by atoms with Crippen LogP contribution in [0.2, 0.25) is 10.0 Å². The standard InChI is InChI=1S/C16H20Cl2N2O2/c1-10(2)20-9-12(8-14(20)21)16(22)19-7-6-11-4-3-5-13(17)15(11)18/h3-5,10,12H,6-9H2,1-2H3,(H,19,22). The van der Waals surface area contributed by atoms with E-state index in [-0.39, 0.29) is 23.8 Å². The molecule has 1 aliphatic rings. The number of halogens is 2. The summed E-state index contributed by atoms with van der Waals surface area (Å²) in [5.74, 6) is -0.285. The van der Waals surface area contributed by atoms with E-state index in [9.17, 15) is 9.59 Å². The maximum Gasteiger partial charge on any atom is 0.225 e. The lowest BCUT2D eigenvalue weighted by atomic mass is 10.1. The van der Waals surface area contributed by atoms with Gasteiger partial charge in [-0.1, -0.05) is 35.3 Å². The number of hydrogen-bond donors (Lipinski definition) is 1. The van der Waals surface area contributed by atoms with E-state index in [2.05, 4.69) is 5.32 Å². The van der Waals surface area contributed by atoms with Crippen molar-refractivity contribution in [2.75, 3.05) is 13.1 Å². The average molecular weight is 343 g/mol. The maximum absolute atomic E-state index is 12.2. The summed E-state index contributed by atoms with van der Waals surface area (Å²) in [5, 5.41) is 3.92. The number of nitrogens with zero attached hydrogens (tertiary/aromatic N) is 1. The van der Waals surface area contributed by atoms with E-state index in [1.807, 2.05) is 26.0 Å². The molecule has 1 saturated heterocycles. The minimum atomic E-state index is -0.260. The molecule has 6 heteroatoms. The molecule has 0 saturated carbocycles. The SMILES string of the molecule is CC(C)N1CC(C(=O)NCCc2cccc(Cl)c2Cl)CC1=O. The van der Waals surface area contributed by atoms with Gasteiger partial charge in [0.05, 0.1) is 16.0 Å². The van der Waals surface area contributed by atoms with Crippen molar-refractivity contribution in [2.45, 2.75) is 32.7 Å². The van der Waals surface area contributed by atoms with E-state index >= 15 is 0 Å². The molecule has 0 aromatic heterocycles. The predicted molar refractivity (Wildman–Crippen MR) is 88.1 cm³/mol. The summed E-state index contributed by atoms with van der Waals surface area (Å²) < 4.78 is 0. The summed E-state index contributed by atoms with van der Waals surface area (Å²) in [6.07, 6.45) is 0.904. The first kappa shape index (κ1) is 17.1. The summed E-state index contributed by atoms with van der Waals surface area (Å²) in [4.78, 5) is 25.7. The van der Waals surface area contributed by atoms with Gasteiger partial charge in [0.2, 0.25) is 11.8 Å². The Morgan fingerprint density at radius 3 is 2.77 bits per heavy atom. The number of carbonyl (C=O) groups is 2. The molecule has 1 aliphatic heterocycles. The third-order valence-corrected chi connectivity index (χ3v) is 4.74. The van der Waals surface area contributed by atoms with E-state index < -0.39 is 0 Å². The van der Waals surface area contributed by atoms with Crippen LogP contribution in [0.15, 0.2) is 18.2 Å². The van der Waals surface area contributed by atoms with Gasteiger partial charge in [-0.25, -0.2) is 0 Å². The molecule has 0 spiro atoms. The van der Waals surface area contributed by atoms with Crippen LogP contribution in [0.25, 0.3) is 0 Å². The number of benzene rings is 1. The molecular weight excluding hydrogens is 323 g/mol. The fourth-order valence-electron chi connectivity index (χ4n) is 2.61. The summed E-state index contributed by atoms with van der Waals surface area (Å²) >= 11 is 12.1. The summed E-state index contributed by atoms with van der Waals surface area (Å²) in [6.45, 7) is 4.89. The normalized spacial score (nSPS) is 18.1. The summed E-state index contributed by atoms with van der Waals surface area (Å²) in [6, 6.07) is 5.59. The lowest BCUT2D eigenvalue weighted by molar-refractivity contribution is -0.129. The molecule has 1 fully saturated rings. The van der Waals surface area contributed by atoms with Crippen molar-refractivity contribution in [1.29, 1.82) is 0 Å².